The maximum Gasteiger partial charge on any atom is 0.167 e. The second-order valence-electron chi connectivity index (χ2n) is 10.5. The minimum Gasteiger partial charge on any atom is -0.386 e. The predicted molar refractivity (Wildman–Crippen MR) is 154 cm³/mol. The van der Waals surface area contributed by atoms with Crippen molar-refractivity contribution in [1.29, 1.82) is 0 Å². The maximum atomic E-state index is 13.4. The van der Waals surface area contributed by atoms with Crippen LogP contribution in [0.25, 0.3) is 0 Å². The fraction of sp³-hybridized carbons (Fsp3) is 0.548. The van der Waals surface area contributed by atoms with E-state index in [4.69, 9.17) is 21.2 Å². The number of anilines is 1. The standard InChI is InChI=1S/C31H44ClNO5/c1-9-19(2)16-26-13-15-28(33(38-26)25-12-14-27(32)21(4)18-25)22(5)17-23(6)30(36)31(37-8)29(35)20(3)10-11-24(7)34/h10,12-16,18,22-23,26,28-29,31,35H,9,11,17H2,1-8H3/b19-16+,20-10+/t22-,23?,26?,28?,29?,31+/m0/s1. The lowest BCUT2D eigenvalue weighted by atomic mass is 9.84. The molecule has 0 fully saturated rings. The van der Waals surface area contributed by atoms with E-state index in [1.165, 1.54) is 19.6 Å². The number of halogens is 1. The summed E-state index contributed by atoms with van der Waals surface area (Å²) >= 11 is 6.29. The Morgan fingerprint density at radius 2 is 1.89 bits per heavy atom. The molecule has 1 aliphatic heterocycles. The van der Waals surface area contributed by atoms with Crippen molar-refractivity contribution in [3.63, 3.8) is 0 Å². The zero-order valence-corrected chi connectivity index (χ0v) is 24.8. The highest BCUT2D eigenvalue weighted by atomic mass is 35.5. The van der Waals surface area contributed by atoms with E-state index in [2.05, 4.69) is 39.0 Å². The van der Waals surface area contributed by atoms with E-state index in [0.717, 1.165) is 17.7 Å². The number of allylic oxidation sites excluding steroid dienone is 2. The number of hydrogen-bond donors (Lipinski definition) is 1. The third kappa shape index (κ3) is 8.63. The number of carbonyl (C=O) groups excluding carboxylic acids is 2. The molecular weight excluding hydrogens is 502 g/mol. The van der Waals surface area contributed by atoms with Crippen LogP contribution in [0.1, 0.15) is 66.4 Å². The van der Waals surface area contributed by atoms with Crippen LogP contribution in [0.3, 0.4) is 0 Å². The van der Waals surface area contributed by atoms with Crippen molar-refractivity contribution >= 4 is 28.9 Å². The lowest BCUT2D eigenvalue weighted by molar-refractivity contribution is -0.138. The van der Waals surface area contributed by atoms with E-state index in [0.29, 0.717) is 17.0 Å². The Kier molecular flexibility index (Phi) is 12.4. The Labute approximate surface area is 233 Å². The summed E-state index contributed by atoms with van der Waals surface area (Å²) in [7, 11) is 1.43. The Morgan fingerprint density at radius 1 is 1.21 bits per heavy atom. The van der Waals surface area contributed by atoms with Gasteiger partial charge in [0.15, 0.2) is 5.78 Å². The molecule has 38 heavy (non-hydrogen) atoms. The van der Waals surface area contributed by atoms with Crippen LogP contribution in [-0.2, 0) is 19.2 Å². The number of aliphatic hydroxyl groups excluding tert-OH is 1. The molecule has 4 unspecified atom stereocenters. The maximum absolute atomic E-state index is 13.4. The van der Waals surface area contributed by atoms with Crippen LogP contribution in [0.2, 0.25) is 5.02 Å². The molecule has 7 heteroatoms. The largest absolute Gasteiger partial charge is 0.386 e. The highest BCUT2D eigenvalue weighted by Gasteiger charge is 2.35. The third-order valence-corrected chi connectivity index (χ3v) is 7.62. The molecule has 210 valence electrons. The fourth-order valence-corrected chi connectivity index (χ4v) is 4.72. The summed E-state index contributed by atoms with van der Waals surface area (Å²) in [6.45, 7) is 13.3. The molecule has 0 amide bonds. The molecule has 6 nitrogen and oxygen atoms in total. The van der Waals surface area contributed by atoms with Crippen molar-refractivity contribution in [2.45, 2.75) is 92.1 Å². The lowest BCUT2D eigenvalue weighted by Crippen LogP contribution is -2.45. The van der Waals surface area contributed by atoms with Gasteiger partial charge in [-0.15, -0.1) is 0 Å². The van der Waals surface area contributed by atoms with Crippen molar-refractivity contribution in [2.24, 2.45) is 11.8 Å². The zero-order chi connectivity index (χ0) is 28.6. The van der Waals surface area contributed by atoms with Crippen LogP contribution in [0.5, 0.6) is 0 Å². The Bertz CT molecular complexity index is 1060. The molecule has 1 N–H and O–H groups in total. The molecule has 1 aromatic carbocycles. The molecular formula is C31H44ClNO5. The van der Waals surface area contributed by atoms with Crippen molar-refractivity contribution in [3.05, 3.63) is 64.2 Å². The molecule has 0 saturated heterocycles. The van der Waals surface area contributed by atoms with Gasteiger partial charge in [0.25, 0.3) is 0 Å². The third-order valence-electron chi connectivity index (χ3n) is 7.20. The molecule has 2 rings (SSSR count). The summed E-state index contributed by atoms with van der Waals surface area (Å²) in [6, 6.07) is 5.72. The first-order valence-electron chi connectivity index (χ1n) is 13.4. The van der Waals surface area contributed by atoms with E-state index in [9.17, 15) is 14.7 Å². The topological polar surface area (TPSA) is 76.1 Å². The first kappa shape index (κ1) is 32.0. The van der Waals surface area contributed by atoms with Crippen molar-refractivity contribution in [2.75, 3.05) is 12.2 Å². The average Bonchev–Trinajstić information content (AvgIpc) is 2.88. The van der Waals surface area contributed by atoms with Crippen LogP contribution >= 0.6 is 11.6 Å². The SMILES string of the molecule is CC/C(C)=C/C1C=CC([C@@H](C)CC(C)C(=O)[C@H](OC)C(O)/C(C)=C/CC(C)=O)N(c2ccc(Cl)c(C)c2)O1. The van der Waals surface area contributed by atoms with Gasteiger partial charge in [-0.25, -0.2) is 5.06 Å². The van der Waals surface area contributed by atoms with Gasteiger partial charge in [0.1, 0.15) is 24.1 Å². The molecule has 6 atom stereocenters. The summed E-state index contributed by atoms with van der Waals surface area (Å²) < 4.78 is 5.43. The number of benzene rings is 1. The lowest BCUT2D eigenvalue weighted by Gasteiger charge is -2.40. The van der Waals surface area contributed by atoms with Crippen molar-refractivity contribution in [3.8, 4) is 0 Å². The molecule has 1 aliphatic rings. The first-order valence-corrected chi connectivity index (χ1v) is 13.8. The monoisotopic (exact) mass is 545 g/mol. The molecule has 1 aromatic rings. The molecule has 0 radical (unpaired) electrons. The van der Waals surface area contributed by atoms with E-state index >= 15 is 0 Å². The molecule has 0 aliphatic carbocycles. The van der Waals surface area contributed by atoms with E-state index in [-0.39, 0.29) is 42.0 Å². The summed E-state index contributed by atoms with van der Waals surface area (Å²) in [5.74, 6) is -0.504. The van der Waals surface area contributed by atoms with Crippen molar-refractivity contribution < 1.29 is 24.3 Å². The average molecular weight is 546 g/mol. The van der Waals surface area contributed by atoms with Gasteiger partial charge in [0.05, 0.1) is 11.7 Å². The van der Waals surface area contributed by atoms with Crippen LogP contribution in [0.15, 0.2) is 53.6 Å². The zero-order valence-electron chi connectivity index (χ0n) is 24.0. The molecule has 1 heterocycles. The second-order valence-corrected chi connectivity index (χ2v) is 11.0. The van der Waals surface area contributed by atoms with Gasteiger partial charge in [0, 0.05) is 24.5 Å². The Hall–Kier alpha value is -2.25. The summed E-state index contributed by atoms with van der Waals surface area (Å²) in [6.07, 6.45) is 7.42. The number of nitrogens with zero attached hydrogens (tertiary/aromatic N) is 1. The minimum absolute atomic E-state index is 0.00943. The number of methoxy groups -OCH3 is 1. The Balaban J connectivity index is 2.26. The second kappa shape index (κ2) is 14.8. The first-order chi connectivity index (χ1) is 17.9. The van der Waals surface area contributed by atoms with E-state index in [1.807, 2.05) is 37.1 Å². The van der Waals surface area contributed by atoms with Gasteiger partial charge in [-0.1, -0.05) is 62.2 Å². The van der Waals surface area contributed by atoms with E-state index in [1.54, 1.807) is 13.0 Å². The van der Waals surface area contributed by atoms with Crippen LogP contribution in [0, 0.1) is 18.8 Å². The smallest absolute Gasteiger partial charge is 0.167 e. The van der Waals surface area contributed by atoms with Crippen LogP contribution in [-0.4, -0.2) is 48.1 Å². The number of rotatable bonds is 13. The quantitative estimate of drug-likeness (QED) is 0.282. The number of Topliss-reactive ketones (excluding diaryl/α,β-unsaturated/α-hetero) is 2. The number of hydroxylamine groups is 1. The minimum atomic E-state index is -1.11. The van der Waals surface area contributed by atoms with Crippen LogP contribution < -0.4 is 5.06 Å². The number of aryl methyl sites for hydroxylation is 1. The fourth-order valence-electron chi connectivity index (χ4n) is 4.60. The van der Waals surface area contributed by atoms with Gasteiger partial charge in [-0.2, -0.15) is 0 Å². The summed E-state index contributed by atoms with van der Waals surface area (Å²) in [5.41, 5.74) is 3.65. The van der Waals surface area contributed by atoms with Crippen LogP contribution in [0.4, 0.5) is 5.69 Å². The highest BCUT2D eigenvalue weighted by Crippen LogP contribution is 2.33. The Morgan fingerprint density at radius 3 is 2.47 bits per heavy atom. The highest BCUT2D eigenvalue weighted by molar-refractivity contribution is 6.31. The molecule has 0 spiro atoms. The van der Waals surface area contributed by atoms with E-state index < -0.39 is 12.2 Å². The number of ether oxygens (including phenoxy) is 1. The predicted octanol–water partition coefficient (Wildman–Crippen LogP) is 6.58. The number of ketones is 2. The normalized spacial score (nSPS) is 21.7. The van der Waals surface area contributed by atoms with Gasteiger partial charge < -0.3 is 9.84 Å². The number of aliphatic hydroxyl groups is 1. The number of hydrogen-bond acceptors (Lipinski definition) is 6. The molecule has 0 saturated carbocycles. The van der Waals surface area contributed by atoms with Gasteiger partial charge >= 0.3 is 0 Å². The molecule has 0 aromatic heterocycles. The van der Waals surface area contributed by atoms with Gasteiger partial charge in [-0.3, -0.25) is 14.4 Å². The molecule has 0 bridgehead atoms. The van der Waals surface area contributed by atoms with Gasteiger partial charge in [-0.05, 0) is 75.8 Å². The number of carbonyl (C=O) groups is 2. The summed E-state index contributed by atoms with van der Waals surface area (Å²) in [5, 5.41) is 13.4. The summed E-state index contributed by atoms with van der Waals surface area (Å²) in [4.78, 5) is 31.1. The van der Waals surface area contributed by atoms with Crippen molar-refractivity contribution in [1.82, 2.24) is 0 Å². The van der Waals surface area contributed by atoms with Gasteiger partial charge in [0.2, 0.25) is 0 Å².